The summed E-state index contributed by atoms with van der Waals surface area (Å²) in [5.74, 6) is 0.0419. The Labute approximate surface area is 151 Å². The zero-order valence-electron chi connectivity index (χ0n) is 14.0. The van der Waals surface area contributed by atoms with Gasteiger partial charge in [0.1, 0.15) is 0 Å². The van der Waals surface area contributed by atoms with E-state index in [1.807, 2.05) is 29.2 Å². The molecular formula is C18H23N5OS. The second kappa shape index (κ2) is 7.61. The minimum Gasteiger partial charge on any atom is -0.348 e. The average Bonchev–Trinajstić information content (AvgIpc) is 3.35. The highest BCUT2D eigenvalue weighted by molar-refractivity contribution is 7.08. The van der Waals surface area contributed by atoms with Gasteiger partial charge < -0.3 is 5.32 Å². The van der Waals surface area contributed by atoms with Crippen molar-refractivity contribution in [3.8, 4) is 0 Å². The molecule has 0 radical (unpaired) electrons. The van der Waals surface area contributed by atoms with Gasteiger partial charge in [0.15, 0.2) is 0 Å². The number of thiophene rings is 1. The third kappa shape index (κ3) is 3.90. The average molecular weight is 357 g/mol. The van der Waals surface area contributed by atoms with E-state index in [4.69, 9.17) is 0 Å². The van der Waals surface area contributed by atoms with Crippen molar-refractivity contribution in [2.75, 3.05) is 13.1 Å². The summed E-state index contributed by atoms with van der Waals surface area (Å²) in [6, 6.07) is 6.50. The molecule has 0 aliphatic carbocycles. The first-order valence-electron chi connectivity index (χ1n) is 8.77. The zero-order chi connectivity index (χ0) is 17.1. The van der Waals surface area contributed by atoms with Crippen molar-refractivity contribution in [3.63, 3.8) is 0 Å². The number of likely N-dealkylation sites (tertiary alicyclic amines) is 1. The lowest BCUT2D eigenvalue weighted by Crippen LogP contribution is -2.54. The van der Waals surface area contributed by atoms with Gasteiger partial charge in [-0.3, -0.25) is 14.7 Å². The van der Waals surface area contributed by atoms with Crippen LogP contribution in [0.15, 0.2) is 41.4 Å². The van der Waals surface area contributed by atoms with E-state index >= 15 is 0 Å². The Morgan fingerprint density at radius 3 is 2.96 bits per heavy atom. The molecule has 3 atom stereocenters. The minimum absolute atomic E-state index is 0.0419. The van der Waals surface area contributed by atoms with Crippen molar-refractivity contribution >= 4 is 17.2 Å². The largest absolute Gasteiger partial charge is 0.348 e. The number of hydrogen-bond acceptors (Lipinski definition) is 6. The van der Waals surface area contributed by atoms with Crippen LogP contribution in [0.5, 0.6) is 0 Å². The second-order valence-corrected chi connectivity index (χ2v) is 7.47. The number of piperidine rings is 1. The molecule has 0 spiro atoms. The van der Waals surface area contributed by atoms with Crippen LogP contribution in [0.4, 0.5) is 0 Å². The van der Waals surface area contributed by atoms with E-state index in [2.05, 4.69) is 38.2 Å². The third-order valence-corrected chi connectivity index (χ3v) is 5.69. The summed E-state index contributed by atoms with van der Waals surface area (Å²) in [7, 11) is 0. The highest BCUT2D eigenvalue weighted by Gasteiger charge is 2.32. The van der Waals surface area contributed by atoms with E-state index in [-0.39, 0.29) is 11.9 Å². The Kier molecular flexibility index (Phi) is 5.07. The fourth-order valence-corrected chi connectivity index (χ4v) is 4.30. The van der Waals surface area contributed by atoms with Crippen LogP contribution in [0.1, 0.15) is 41.2 Å². The number of amides is 1. The van der Waals surface area contributed by atoms with Gasteiger partial charge in [-0.2, -0.15) is 11.3 Å². The smallest absolute Gasteiger partial charge is 0.252 e. The molecule has 0 aromatic carbocycles. The molecule has 6 nitrogen and oxygen atoms in total. The van der Waals surface area contributed by atoms with Crippen molar-refractivity contribution < 1.29 is 4.79 Å². The predicted octanol–water partition coefficient (Wildman–Crippen LogP) is 1.90. The molecule has 2 aromatic rings. The Balaban J connectivity index is 1.33. The maximum Gasteiger partial charge on any atom is 0.252 e. The quantitative estimate of drug-likeness (QED) is 0.780. The van der Waals surface area contributed by atoms with Crippen LogP contribution < -0.4 is 16.2 Å². The summed E-state index contributed by atoms with van der Waals surface area (Å²) in [6.45, 7) is 1.95. The van der Waals surface area contributed by atoms with Crippen LogP contribution >= 0.6 is 11.3 Å². The van der Waals surface area contributed by atoms with Crippen LogP contribution in [0.25, 0.3) is 0 Å². The van der Waals surface area contributed by atoms with Gasteiger partial charge in [-0.05, 0) is 54.9 Å². The van der Waals surface area contributed by atoms with E-state index in [1.165, 1.54) is 5.56 Å². The van der Waals surface area contributed by atoms with Gasteiger partial charge in [-0.25, -0.2) is 10.9 Å². The van der Waals surface area contributed by atoms with Crippen LogP contribution in [0, 0.1) is 0 Å². The molecule has 2 aromatic heterocycles. The molecular weight excluding hydrogens is 334 g/mol. The first-order chi connectivity index (χ1) is 12.3. The molecule has 2 fully saturated rings. The normalized spacial score (nSPS) is 27.3. The molecule has 2 aliphatic rings. The summed E-state index contributed by atoms with van der Waals surface area (Å²) in [6.07, 6.45) is 7.11. The summed E-state index contributed by atoms with van der Waals surface area (Å²) in [4.78, 5) is 18.8. The number of nitrogens with zero attached hydrogens (tertiary/aromatic N) is 2. The van der Waals surface area contributed by atoms with Gasteiger partial charge in [-0.15, -0.1) is 0 Å². The van der Waals surface area contributed by atoms with Crippen molar-refractivity contribution in [1.29, 1.82) is 0 Å². The van der Waals surface area contributed by atoms with Gasteiger partial charge in [0.25, 0.3) is 5.91 Å². The highest BCUT2D eigenvalue weighted by atomic mass is 32.1. The van der Waals surface area contributed by atoms with E-state index in [9.17, 15) is 4.79 Å². The van der Waals surface area contributed by atoms with Crippen LogP contribution in [0.3, 0.4) is 0 Å². The van der Waals surface area contributed by atoms with E-state index in [0.29, 0.717) is 12.2 Å². The number of nitrogens with one attached hydrogen (secondary N) is 3. The first-order valence-corrected chi connectivity index (χ1v) is 9.72. The lowest BCUT2D eigenvalue weighted by atomic mass is 10.0. The third-order valence-electron chi connectivity index (χ3n) is 5.00. The van der Waals surface area contributed by atoms with Gasteiger partial charge in [-0.1, -0.05) is 0 Å². The summed E-state index contributed by atoms with van der Waals surface area (Å²) < 4.78 is 0. The van der Waals surface area contributed by atoms with Gasteiger partial charge in [0.2, 0.25) is 0 Å². The molecule has 1 amide bonds. The first kappa shape index (κ1) is 16.7. The number of hydrogen-bond donors (Lipinski definition) is 3. The number of hydrazine groups is 1. The van der Waals surface area contributed by atoms with Crippen LogP contribution in [-0.2, 0) is 0 Å². The number of carbonyl (C=O) groups is 1. The summed E-state index contributed by atoms with van der Waals surface area (Å²) in [5, 5.41) is 7.03. The van der Waals surface area contributed by atoms with E-state index in [0.717, 1.165) is 37.9 Å². The number of pyridine rings is 1. The second-order valence-electron chi connectivity index (χ2n) is 6.69. The van der Waals surface area contributed by atoms with Crippen LogP contribution in [0.2, 0.25) is 0 Å². The van der Waals surface area contributed by atoms with E-state index < -0.39 is 0 Å². The fraction of sp³-hybridized carbons (Fsp3) is 0.444. The minimum atomic E-state index is 0.0419. The van der Waals surface area contributed by atoms with Gasteiger partial charge in [0.05, 0.1) is 6.17 Å². The Morgan fingerprint density at radius 1 is 1.28 bits per heavy atom. The topological polar surface area (TPSA) is 69.3 Å². The molecule has 132 valence electrons. The monoisotopic (exact) mass is 357 g/mol. The van der Waals surface area contributed by atoms with E-state index in [1.54, 1.807) is 11.3 Å². The summed E-state index contributed by atoms with van der Waals surface area (Å²) in [5.41, 5.74) is 8.83. The zero-order valence-corrected chi connectivity index (χ0v) is 14.8. The Morgan fingerprint density at radius 2 is 2.16 bits per heavy atom. The van der Waals surface area contributed by atoms with Gasteiger partial charge >= 0.3 is 0 Å². The SMILES string of the molecule is O=C(NC1CCCN(C2CC(c3ccncc3)NN2)C1)c1ccsc1. The number of aromatic nitrogens is 1. The molecule has 4 heterocycles. The lowest BCUT2D eigenvalue weighted by Gasteiger charge is -2.36. The molecule has 3 unspecified atom stereocenters. The molecule has 2 saturated heterocycles. The number of carbonyl (C=O) groups excluding carboxylic acids is 1. The maximum absolute atomic E-state index is 12.3. The van der Waals surface area contributed by atoms with Crippen molar-refractivity contribution in [3.05, 3.63) is 52.5 Å². The molecule has 3 N–H and O–H groups in total. The Hall–Kier alpha value is -1.80. The number of rotatable bonds is 4. The molecule has 4 rings (SSSR count). The maximum atomic E-state index is 12.3. The molecule has 7 heteroatoms. The predicted molar refractivity (Wildman–Crippen MR) is 98.0 cm³/mol. The lowest BCUT2D eigenvalue weighted by molar-refractivity contribution is 0.0856. The molecule has 0 saturated carbocycles. The van der Waals surface area contributed by atoms with Gasteiger partial charge in [0, 0.05) is 42.0 Å². The van der Waals surface area contributed by atoms with Crippen molar-refractivity contribution in [2.45, 2.75) is 37.5 Å². The highest BCUT2D eigenvalue weighted by Crippen LogP contribution is 2.25. The van der Waals surface area contributed by atoms with Crippen molar-refractivity contribution in [1.82, 2.24) is 26.1 Å². The standard InChI is InChI=1S/C18H23N5OS/c24-18(14-5-9-25-12-14)20-15-2-1-8-23(11-15)17-10-16(21-22-17)13-3-6-19-7-4-13/h3-7,9,12,15-17,21-22H,1-2,8,10-11H2,(H,20,24). The summed E-state index contributed by atoms with van der Waals surface area (Å²) >= 11 is 1.56. The molecule has 0 bridgehead atoms. The van der Waals surface area contributed by atoms with Crippen LogP contribution in [-0.4, -0.2) is 41.1 Å². The molecule has 25 heavy (non-hydrogen) atoms. The Bertz CT molecular complexity index is 693. The fourth-order valence-electron chi connectivity index (χ4n) is 3.66. The van der Waals surface area contributed by atoms with Crippen molar-refractivity contribution in [2.24, 2.45) is 0 Å². The molecule has 2 aliphatic heterocycles.